The first-order valence-corrected chi connectivity index (χ1v) is 6.13. The third kappa shape index (κ3) is 1.62. The summed E-state index contributed by atoms with van der Waals surface area (Å²) in [6, 6.07) is 4.10. The zero-order valence-electron chi connectivity index (χ0n) is 11.1. The minimum Gasteiger partial charge on any atom is -0.481 e. The first-order chi connectivity index (χ1) is 8.99. The second-order valence-corrected chi connectivity index (χ2v) is 4.91. The summed E-state index contributed by atoms with van der Waals surface area (Å²) in [5, 5.41) is 8.90. The molecular weight excluding hydrogens is 242 g/mol. The fraction of sp³-hybridized carbons (Fsp3) is 0.286. The van der Waals surface area contributed by atoms with Crippen molar-refractivity contribution in [2.75, 3.05) is 0 Å². The van der Waals surface area contributed by atoms with E-state index in [1.165, 1.54) is 11.1 Å². The maximum atomic E-state index is 10.8. The van der Waals surface area contributed by atoms with Gasteiger partial charge in [0.1, 0.15) is 0 Å². The Morgan fingerprint density at radius 1 is 1.37 bits per heavy atom. The number of hydrogen-bond donors (Lipinski definition) is 1. The number of carbonyl (C=O) groups is 1. The SMILES string of the molecule is Cc1ccc2c(nc3n(C)c(CC(=O)O)cn23)c1C. The van der Waals surface area contributed by atoms with Gasteiger partial charge in [-0.3, -0.25) is 9.20 Å². The Labute approximate surface area is 110 Å². The normalized spacial score (nSPS) is 11.5. The molecule has 0 bridgehead atoms. The molecule has 0 atom stereocenters. The Morgan fingerprint density at radius 3 is 2.79 bits per heavy atom. The van der Waals surface area contributed by atoms with Crippen LogP contribution in [0, 0.1) is 13.8 Å². The van der Waals surface area contributed by atoms with Crippen LogP contribution in [-0.2, 0) is 18.3 Å². The highest BCUT2D eigenvalue weighted by atomic mass is 16.4. The summed E-state index contributed by atoms with van der Waals surface area (Å²) in [6.45, 7) is 4.12. The molecule has 0 aliphatic rings. The molecule has 3 rings (SSSR count). The van der Waals surface area contributed by atoms with Gasteiger partial charge in [0.05, 0.1) is 17.5 Å². The van der Waals surface area contributed by atoms with Crippen LogP contribution in [0.4, 0.5) is 0 Å². The number of imidazole rings is 2. The summed E-state index contributed by atoms with van der Waals surface area (Å²) in [7, 11) is 1.85. The first-order valence-electron chi connectivity index (χ1n) is 6.13. The van der Waals surface area contributed by atoms with Gasteiger partial charge < -0.3 is 9.67 Å². The molecule has 5 heteroatoms. The van der Waals surface area contributed by atoms with Crippen molar-refractivity contribution < 1.29 is 9.90 Å². The average Bonchev–Trinajstić information content (AvgIpc) is 2.83. The quantitative estimate of drug-likeness (QED) is 0.764. The second kappa shape index (κ2) is 3.85. The zero-order valence-corrected chi connectivity index (χ0v) is 11.1. The van der Waals surface area contributed by atoms with Crippen molar-refractivity contribution in [3.63, 3.8) is 0 Å². The predicted molar refractivity (Wildman–Crippen MR) is 72.5 cm³/mol. The minimum atomic E-state index is -0.833. The molecule has 0 saturated heterocycles. The van der Waals surface area contributed by atoms with Crippen LogP contribution >= 0.6 is 0 Å². The maximum absolute atomic E-state index is 10.8. The molecule has 0 aliphatic heterocycles. The van der Waals surface area contributed by atoms with Gasteiger partial charge >= 0.3 is 5.97 Å². The molecule has 1 aromatic carbocycles. The molecule has 0 fully saturated rings. The monoisotopic (exact) mass is 257 g/mol. The van der Waals surface area contributed by atoms with Crippen molar-refractivity contribution in [1.82, 2.24) is 14.0 Å². The van der Waals surface area contributed by atoms with Crippen molar-refractivity contribution in [1.29, 1.82) is 0 Å². The largest absolute Gasteiger partial charge is 0.481 e. The van der Waals surface area contributed by atoms with Gasteiger partial charge in [-0.15, -0.1) is 0 Å². The standard InChI is InChI=1S/C14H15N3O2/c1-8-4-5-11-13(9(8)2)15-14-16(3)10(6-12(18)19)7-17(11)14/h4-5,7H,6H2,1-3H3,(H,18,19). The van der Waals surface area contributed by atoms with E-state index in [2.05, 4.69) is 24.9 Å². The fourth-order valence-electron chi connectivity index (χ4n) is 2.43. The number of rotatable bonds is 2. The van der Waals surface area contributed by atoms with E-state index in [0.717, 1.165) is 22.5 Å². The highest BCUT2D eigenvalue weighted by Crippen LogP contribution is 2.24. The molecule has 0 amide bonds. The van der Waals surface area contributed by atoms with E-state index in [-0.39, 0.29) is 6.42 Å². The number of aryl methyl sites for hydroxylation is 3. The van der Waals surface area contributed by atoms with E-state index < -0.39 is 5.97 Å². The van der Waals surface area contributed by atoms with Crippen molar-refractivity contribution in [2.24, 2.45) is 7.05 Å². The van der Waals surface area contributed by atoms with Crippen molar-refractivity contribution in [3.8, 4) is 0 Å². The van der Waals surface area contributed by atoms with Gasteiger partial charge in [-0.1, -0.05) is 6.07 Å². The van der Waals surface area contributed by atoms with Crippen LogP contribution < -0.4 is 0 Å². The van der Waals surface area contributed by atoms with Gasteiger partial charge in [0.25, 0.3) is 0 Å². The predicted octanol–water partition coefficient (Wildman–Crippen LogP) is 2.07. The van der Waals surface area contributed by atoms with Crippen LogP contribution in [0.25, 0.3) is 16.8 Å². The Hall–Kier alpha value is -2.30. The molecule has 0 spiro atoms. The Kier molecular flexibility index (Phi) is 2.38. The highest BCUT2D eigenvalue weighted by molar-refractivity contribution is 5.84. The van der Waals surface area contributed by atoms with Crippen LogP contribution in [-0.4, -0.2) is 25.0 Å². The number of aliphatic carboxylic acids is 1. The van der Waals surface area contributed by atoms with E-state index in [9.17, 15) is 4.79 Å². The molecule has 5 nitrogen and oxygen atoms in total. The lowest BCUT2D eigenvalue weighted by atomic mass is 10.1. The van der Waals surface area contributed by atoms with Crippen LogP contribution in [0.15, 0.2) is 18.3 Å². The van der Waals surface area contributed by atoms with E-state index in [1.807, 2.05) is 28.3 Å². The number of carboxylic acid groups (broad SMARTS) is 1. The molecule has 0 aliphatic carbocycles. The summed E-state index contributed by atoms with van der Waals surface area (Å²) in [5.74, 6) is -0.0554. The molecular formula is C14H15N3O2. The number of carboxylic acids is 1. The molecule has 19 heavy (non-hydrogen) atoms. The third-order valence-corrected chi connectivity index (χ3v) is 3.71. The number of aromatic nitrogens is 3. The summed E-state index contributed by atoms with van der Waals surface area (Å²) in [4.78, 5) is 15.5. The van der Waals surface area contributed by atoms with Crippen LogP contribution in [0.3, 0.4) is 0 Å². The number of fused-ring (bicyclic) bond motifs is 3. The summed E-state index contributed by atoms with van der Waals surface area (Å²) in [5.41, 5.74) is 5.12. The van der Waals surface area contributed by atoms with E-state index in [4.69, 9.17) is 5.11 Å². The molecule has 1 N–H and O–H groups in total. The molecule has 0 unspecified atom stereocenters. The van der Waals surface area contributed by atoms with Crippen molar-refractivity contribution in [3.05, 3.63) is 35.2 Å². The van der Waals surface area contributed by atoms with Crippen LogP contribution in [0.2, 0.25) is 0 Å². The van der Waals surface area contributed by atoms with Gasteiger partial charge in [-0.05, 0) is 31.0 Å². The number of hydrogen-bond acceptors (Lipinski definition) is 2. The smallest absolute Gasteiger partial charge is 0.309 e. The molecule has 0 saturated carbocycles. The molecule has 2 aromatic heterocycles. The molecule has 0 radical (unpaired) electrons. The van der Waals surface area contributed by atoms with Crippen molar-refractivity contribution >= 4 is 22.8 Å². The van der Waals surface area contributed by atoms with Gasteiger partial charge in [-0.25, -0.2) is 4.98 Å². The van der Waals surface area contributed by atoms with Crippen molar-refractivity contribution in [2.45, 2.75) is 20.3 Å². The highest BCUT2D eigenvalue weighted by Gasteiger charge is 2.15. The Morgan fingerprint density at radius 2 is 2.11 bits per heavy atom. The van der Waals surface area contributed by atoms with Crippen LogP contribution in [0.1, 0.15) is 16.8 Å². The first kappa shape index (κ1) is 11.8. The zero-order chi connectivity index (χ0) is 13.7. The maximum Gasteiger partial charge on any atom is 0.309 e. The second-order valence-electron chi connectivity index (χ2n) is 4.91. The van der Waals surface area contributed by atoms with E-state index in [1.54, 1.807) is 0 Å². The van der Waals surface area contributed by atoms with Gasteiger partial charge in [-0.2, -0.15) is 0 Å². The van der Waals surface area contributed by atoms with Gasteiger partial charge in [0, 0.05) is 18.9 Å². The van der Waals surface area contributed by atoms with E-state index >= 15 is 0 Å². The summed E-state index contributed by atoms with van der Waals surface area (Å²) < 4.78 is 3.79. The van der Waals surface area contributed by atoms with Gasteiger partial charge in [0.2, 0.25) is 5.78 Å². The number of benzene rings is 1. The lowest BCUT2D eigenvalue weighted by Gasteiger charge is -2.00. The van der Waals surface area contributed by atoms with Crippen LogP contribution in [0.5, 0.6) is 0 Å². The summed E-state index contributed by atoms with van der Waals surface area (Å²) in [6.07, 6.45) is 1.86. The fourth-order valence-corrected chi connectivity index (χ4v) is 2.43. The lowest BCUT2D eigenvalue weighted by Crippen LogP contribution is -2.05. The average molecular weight is 257 g/mol. The minimum absolute atomic E-state index is 0.00615. The topological polar surface area (TPSA) is 59.5 Å². The number of nitrogens with zero attached hydrogens (tertiary/aromatic N) is 3. The summed E-state index contributed by atoms with van der Waals surface area (Å²) >= 11 is 0. The van der Waals surface area contributed by atoms with Gasteiger partial charge in [0.15, 0.2) is 0 Å². The molecule has 3 aromatic rings. The lowest BCUT2D eigenvalue weighted by molar-refractivity contribution is -0.136. The Bertz CT molecular complexity index is 811. The Balaban J connectivity index is 2.33. The molecule has 2 heterocycles. The molecule has 98 valence electrons. The third-order valence-electron chi connectivity index (χ3n) is 3.71. The van der Waals surface area contributed by atoms with E-state index in [0.29, 0.717) is 0 Å².